The first kappa shape index (κ1) is 19.0. The van der Waals surface area contributed by atoms with E-state index in [4.69, 9.17) is 10.5 Å². The predicted octanol–water partition coefficient (Wildman–Crippen LogP) is 1.89. The first-order chi connectivity index (χ1) is 12.5. The number of urea groups is 1. The van der Waals surface area contributed by atoms with Crippen molar-refractivity contribution in [1.29, 1.82) is 0 Å². The lowest BCUT2D eigenvalue weighted by molar-refractivity contribution is -0.141. The molecular weight excluding hydrogens is 334 g/mol. The first-order valence-corrected chi connectivity index (χ1v) is 8.04. The molecule has 0 aromatic heterocycles. The van der Waals surface area contributed by atoms with Gasteiger partial charge < -0.3 is 21.1 Å². The van der Waals surface area contributed by atoms with Gasteiger partial charge in [0, 0.05) is 12.1 Å². The van der Waals surface area contributed by atoms with E-state index >= 15 is 0 Å². The molecule has 0 saturated carbocycles. The molecule has 3 amide bonds. The number of esters is 1. The van der Waals surface area contributed by atoms with Crippen molar-refractivity contribution in [3.8, 4) is 0 Å². The van der Waals surface area contributed by atoms with Crippen LogP contribution in [0.5, 0.6) is 0 Å². The van der Waals surface area contributed by atoms with Gasteiger partial charge in [0.2, 0.25) is 0 Å². The van der Waals surface area contributed by atoms with Gasteiger partial charge in [-0.25, -0.2) is 4.79 Å². The van der Waals surface area contributed by atoms with Crippen molar-refractivity contribution in [1.82, 2.24) is 10.6 Å². The maximum Gasteiger partial charge on any atom is 0.312 e. The van der Waals surface area contributed by atoms with Crippen LogP contribution in [0.4, 0.5) is 4.79 Å². The van der Waals surface area contributed by atoms with Gasteiger partial charge in [-0.3, -0.25) is 9.59 Å². The number of primary amides is 1. The van der Waals surface area contributed by atoms with Crippen LogP contribution in [0.2, 0.25) is 0 Å². The number of benzene rings is 2. The lowest BCUT2D eigenvalue weighted by Crippen LogP contribution is -2.30. The number of hydrogen-bond donors (Lipinski definition) is 3. The number of ether oxygens (including phenoxy) is 1. The Kier molecular flexibility index (Phi) is 6.73. The zero-order valence-corrected chi connectivity index (χ0v) is 14.4. The van der Waals surface area contributed by atoms with Gasteiger partial charge in [0.25, 0.3) is 5.91 Å². The van der Waals surface area contributed by atoms with E-state index in [9.17, 15) is 14.4 Å². The normalized spacial score (nSPS) is 11.3. The lowest BCUT2D eigenvalue weighted by atomic mass is 10.0. The van der Waals surface area contributed by atoms with Crippen LogP contribution in [-0.4, -0.2) is 25.0 Å². The molecule has 7 heteroatoms. The van der Waals surface area contributed by atoms with Crippen molar-refractivity contribution in [3.05, 3.63) is 71.3 Å². The van der Waals surface area contributed by atoms with E-state index in [0.717, 1.165) is 11.1 Å². The molecule has 2 aromatic rings. The topological polar surface area (TPSA) is 111 Å². The number of hydrogen-bond acceptors (Lipinski definition) is 4. The highest BCUT2D eigenvalue weighted by atomic mass is 16.5. The molecule has 2 aromatic carbocycles. The Labute approximate surface area is 151 Å². The van der Waals surface area contributed by atoms with Crippen LogP contribution < -0.4 is 16.4 Å². The third-order valence-corrected chi connectivity index (χ3v) is 3.79. The fraction of sp³-hybridized carbons (Fsp3) is 0.211. The van der Waals surface area contributed by atoms with E-state index in [1.165, 1.54) is 7.11 Å². The van der Waals surface area contributed by atoms with Crippen LogP contribution in [0.15, 0.2) is 54.6 Å². The summed E-state index contributed by atoms with van der Waals surface area (Å²) in [5, 5.41) is 5.33. The van der Waals surface area contributed by atoms with Crippen molar-refractivity contribution >= 4 is 17.9 Å². The lowest BCUT2D eigenvalue weighted by Gasteiger charge is -2.18. The Morgan fingerprint density at radius 3 is 2.27 bits per heavy atom. The summed E-state index contributed by atoms with van der Waals surface area (Å²) < 4.78 is 4.72. The average Bonchev–Trinajstić information content (AvgIpc) is 2.66. The summed E-state index contributed by atoms with van der Waals surface area (Å²) in [4.78, 5) is 34.9. The molecule has 0 aliphatic carbocycles. The molecule has 2 rings (SSSR count). The molecule has 0 bridgehead atoms. The van der Waals surface area contributed by atoms with Gasteiger partial charge in [-0.2, -0.15) is 0 Å². The standard InChI is InChI=1S/C19H21N3O4/c1-26-17(23)11-16(14-5-3-2-4-6-14)22-18(24)15-9-7-13(8-10-15)12-21-19(20)25/h2-10,16H,11-12H2,1H3,(H,22,24)(H3,20,21,25)/t16-/m0/s1. The summed E-state index contributed by atoms with van der Waals surface area (Å²) in [5.41, 5.74) is 7.10. The Balaban J connectivity index is 2.08. The Bertz CT molecular complexity index is 760. The number of rotatable bonds is 7. The van der Waals surface area contributed by atoms with Gasteiger partial charge in [-0.05, 0) is 23.3 Å². The van der Waals surface area contributed by atoms with Crippen LogP contribution >= 0.6 is 0 Å². The van der Waals surface area contributed by atoms with Crippen molar-refractivity contribution in [2.24, 2.45) is 5.73 Å². The van der Waals surface area contributed by atoms with Crippen molar-refractivity contribution in [3.63, 3.8) is 0 Å². The van der Waals surface area contributed by atoms with Crippen LogP contribution in [0.1, 0.15) is 33.9 Å². The molecule has 0 fully saturated rings. The zero-order chi connectivity index (χ0) is 18.9. The highest BCUT2D eigenvalue weighted by molar-refractivity contribution is 5.94. The molecule has 26 heavy (non-hydrogen) atoms. The summed E-state index contributed by atoms with van der Waals surface area (Å²) in [7, 11) is 1.31. The van der Waals surface area contributed by atoms with Gasteiger partial charge in [0.1, 0.15) is 0 Å². The highest BCUT2D eigenvalue weighted by Crippen LogP contribution is 2.18. The number of methoxy groups -OCH3 is 1. The number of carbonyl (C=O) groups is 3. The zero-order valence-electron chi connectivity index (χ0n) is 14.4. The van der Waals surface area contributed by atoms with Crippen molar-refractivity contribution < 1.29 is 19.1 Å². The van der Waals surface area contributed by atoms with Crippen LogP contribution in [0.25, 0.3) is 0 Å². The summed E-state index contributed by atoms with van der Waals surface area (Å²) in [5.74, 6) is -0.718. The average molecular weight is 355 g/mol. The van der Waals surface area contributed by atoms with Crippen molar-refractivity contribution in [2.75, 3.05) is 7.11 Å². The number of amides is 3. The Hall–Kier alpha value is -3.35. The third kappa shape index (κ3) is 5.62. The highest BCUT2D eigenvalue weighted by Gasteiger charge is 2.19. The number of carbonyl (C=O) groups excluding carboxylic acids is 3. The largest absolute Gasteiger partial charge is 0.469 e. The quantitative estimate of drug-likeness (QED) is 0.659. The monoisotopic (exact) mass is 355 g/mol. The molecule has 0 saturated heterocycles. The molecule has 136 valence electrons. The van der Waals surface area contributed by atoms with E-state index in [1.807, 2.05) is 30.3 Å². The fourth-order valence-corrected chi connectivity index (χ4v) is 2.39. The van der Waals surface area contributed by atoms with Crippen LogP contribution in [0.3, 0.4) is 0 Å². The third-order valence-electron chi connectivity index (χ3n) is 3.79. The molecule has 4 N–H and O–H groups in total. The molecule has 0 unspecified atom stereocenters. The fourth-order valence-electron chi connectivity index (χ4n) is 2.39. The maximum atomic E-state index is 12.5. The summed E-state index contributed by atoms with van der Waals surface area (Å²) in [6, 6.07) is 14.9. The summed E-state index contributed by atoms with van der Waals surface area (Å²) in [6.45, 7) is 0.284. The second-order valence-electron chi connectivity index (χ2n) is 5.63. The van der Waals surface area contributed by atoms with Gasteiger partial charge in [0.15, 0.2) is 0 Å². The van der Waals surface area contributed by atoms with E-state index in [0.29, 0.717) is 5.56 Å². The van der Waals surface area contributed by atoms with Crippen LogP contribution in [-0.2, 0) is 16.1 Å². The molecular formula is C19H21N3O4. The molecule has 0 heterocycles. The van der Waals surface area contributed by atoms with E-state index in [2.05, 4.69) is 10.6 Å². The number of nitrogens with one attached hydrogen (secondary N) is 2. The van der Waals surface area contributed by atoms with Gasteiger partial charge >= 0.3 is 12.0 Å². The Morgan fingerprint density at radius 2 is 1.69 bits per heavy atom. The number of nitrogens with two attached hydrogens (primary N) is 1. The predicted molar refractivity (Wildman–Crippen MR) is 96.1 cm³/mol. The second kappa shape index (κ2) is 9.22. The Morgan fingerprint density at radius 1 is 1.04 bits per heavy atom. The minimum absolute atomic E-state index is 0.0346. The second-order valence-corrected chi connectivity index (χ2v) is 5.63. The summed E-state index contributed by atoms with van der Waals surface area (Å²) in [6.07, 6.45) is 0.0346. The molecule has 7 nitrogen and oxygen atoms in total. The summed E-state index contributed by atoms with van der Waals surface area (Å²) >= 11 is 0. The van der Waals surface area contributed by atoms with Gasteiger partial charge in [-0.15, -0.1) is 0 Å². The van der Waals surface area contributed by atoms with E-state index in [1.54, 1.807) is 24.3 Å². The van der Waals surface area contributed by atoms with Crippen LogP contribution in [0, 0.1) is 0 Å². The molecule has 0 spiro atoms. The molecule has 0 aliphatic heterocycles. The first-order valence-electron chi connectivity index (χ1n) is 8.04. The van der Waals surface area contributed by atoms with E-state index in [-0.39, 0.29) is 18.9 Å². The van der Waals surface area contributed by atoms with E-state index < -0.39 is 18.0 Å². The van der Waals surface area contributed by atoms with Crippen molar-refractivity contribution in [2.45, 2.75) is 19.0 Å². The smallest absolute Gasteiger partial charge is 0.312 e. The maximum absolute atomic E-state index is 12.5. The molecule has 0 aliphatic rings. The minimum atomic E-state index is -0.611. The molecule has 0 radical (unpaired) electrons. The minimum Gasteiger partial charge on any atom is -0.469 e. The SMILES string of the molecule is COC(=O)C[C@H](NC(=O)c1ccc(CNC(N)=O)cc1)c1ccccc1. The molecule has 1 atom stereocenters. The van der Waals surface area contributed by atoms with Gasteiger partial charge in [0.05, 0.1) is 19.6 Å². The van der Waals surface area contributed by atoms with Gasteiger partial charge in [-0.1, -0.05) is 42.5 Å².